The van der Waals surface area contributed by atoms with E-state index in [1.807, 2.05) is 27.7 Å². The number of rotatable bonds is 3. The Hall–Kier alpha value is -3.88. The summed E-state index contributed by atoms with van der Waals surface area (Å²) in [6, 6.07) is 6.45. The van der Waals surface area contributed by atoms with Gasteiger partial charge in [0, 0.05) is 22.7 Å². The maximum Gasteiger partial charge on any atom is 0.324 e. The number of urea groups is 1. The molecule has 1 aliphatic heterocycles. The third-order valence-electron chi connectivity index (χ3n) is 4.71. The Morgan fingerprint density at radius 1 is 1.20 bits per heavy atom. The van der Waals surface area contributed by atoms with E-state index in [1.165, 1.54) is 0 Å². The van der Waals surface area contributed by atoms with Crippen LogP contribution < -0.4 is 16.0 Å². The molecule has 4 N–H and O–H groups in total. The molecule has 0 fully saturated rings. The molecule has 0 radical (unpaired) electrons. The van der Waals surface area contributed by atoms with Gasteiger partial charge in [0.15, 0.2) is 5.82 Å². The first kappa shape index (κ1) is 19.4. The largest absolute Gasteiger partial charge is 0.359 e. The van der Waals surface area contributed by atoms with Gasteiger partial charge in [-0.1, -0.05) is 32.0 Å². The summed E-state index contributed by atoms with van der Waals surface area (Å²) in [4.78, 5) is 31.8. The summed E-state index contributed by atoms with van der Waals surface area (Å²) in [5.41, 5.74) is 3.82. The predicted octanol–water partition coefficient (Wildman–Crippen LogP) is 4.14. The van der Waals surface area contributed by atoms with Gasteiger partial charge in [-0.3, -0.25) is 10.1 Å². The number of anilines is 3. The number of carbonyl (C=O) groups is 2. The molecular weight excluding hydrogens is 384 g/mol. The van der Waals surface area contributed by atoms with Crippen LogP contribution in [0.15, 0.2) is 35.1 Å². The first-order valence-corrected chi connectivity index (χ1v) is 9.43. The van der Waals surface area contributed by atoms with Gasteiger partial charge >= 0.3 is 6.03 Å². The van der Waals surface area contributed by atoms with E-state index >= 15 is 0 Å². The minimum absolute atomic E-state index is 0.207. The number of nitrogens with one attached hydrogen (secondary N) is 4. The van der Waals surface area contributed by atoms with Crippen LogP contribution in [0.25, 0.3) is 11.6 Å². The Kier molecular flexibility index (Phi) is 4.65. The van der Waals surface area contributed by atoms with Crippen molar-refractivity contribution in [3.05, 3.63) is 53.3 Å². The lowest BCUT2D eigenvalue weighted by molar-refractivity contribution is -0.110. The highest BCUT2D eigenvalue weighted by Gasteiger charge is 2.25. The fourth-order valence-corrected chi connectivity index (χ4v) is 3.04. The number of carbonyl (C=O) groups excluding carboxylic acids is 2. The minimum atomic E-state index is -0.461. The maximum absolute atomic E-state index is 12.4. The molecule has 0 bridgehead atoms. The lowest BCUT2D eigenvalue weighted by Gasteiger charge is -2.12. The summed E-state index contributed by atoms with van der Waals surface area (Å²) < 4.78 is 5.26. The van der Waals surface area contributed by atoms with E-state index in [0.29, 0.717) is 28.5 Å². The Labute approximate surface area is 173 Å². The Balaban J connectivity index is 1.49. The molecule has 1 aliphatic rings. The van der Waals surface area contributed by atoms with Crippen molar-refractivity contribution in [2.24, 2.45) is 0 Å². The third kappa shape index (κ3) is 3.82. The molecule has 0 atom stereocenters. The Morgan fingerprint density at radius 3 is 2.67 bits per heavy atom. The summed E-state index contributed by atoms with van der Waals surface area (Å²) in [7, 11) is 0. The molecule has 3 aromatic rings. The topological polar surface area (TPSA) is 125 Å². The standard InChI is InChI=1S/C21H22N6O3/c1-11-15(23-10-22-11)8-14-13-6-5-12(7-16(13)25-19(14)28)24-20(29)26-18-9-17(30-27-18)21(2,3)4/h5-10H,1-4H3,(H,22,23)(H,25,28)(H2,24,26,27,29). The number of amides is 3. The molecule has 0 unspecified atom stereocenters. The van der Waals surface area contributed by atoms with Gasteiger partial charge in [0.1, 0.15) is 5.76 Å². The quantitative estimate of drug-likeness (QED) is 0.487. The summed E-state index contributed by atoms with van der Waals surface area (Å²) in [6.45, 7) is 7.84. The molecule has 4 rings (SSSR count). The van der Waals surface area contributed by atoms with Crippen LogP contribution in [0.5, 0.6) is 0 Å². The van der Waals surface area contributed by atoms with E-state index in [4.69, 9.17) is 4.52 Å². The monoisotopic (exact) mass is 406 g/mol. The maximum atomic E-state index is 12.4. The molecule has 1 aromatic carbocycles. The van der Waals surface area contributed by atoms with Crippen LogP contribution >= 0.6 is 0 Å². The second-order valence-electron chi connectivity index (χ2n) is 8.08. The molecule has 0 saturated heterocycles. The molecule has 9 heteroatoms. The number of hydrogen-bond donors (Lipinski definition) is 4. The number of aromatic amines is 1. The number of aryl methyl sites for hydroxylation is 1. The highest BCUT2D eigenvalue weighted by atomic mass is 16.5. The Bertz CT molecular complexity index is 1170. The van der Waals surface area contributed by atoms with Crippen LogP contribution in [-0.2, 0) is 10.2 Å². The van der Waals surface area contributed by atoms with Gasteiger partial charge in [0.25, 0.3) is 5.91 Å². The molecule has 9 nitrogen and oxygen atoms in total. The zero-order valence-corrected chi connectivity index (χ0v) is 17.1. The molecule has 0 saturated carbocycles. The molecule has 3 heterocycles. The average molecular weight is 406 g/mol. The molecule has 3 amide bonds. The summed E-state index contributed by atoms with van der Waals surface area (Å²) in [6.07, 6.45) is 3.35. The van der Waals surface area contributed by atoms with Gasteiger partial charge < -0.3 is 20.1 Å². The van der Waals surface area contributed by atoms with Crippen LogP contribution in [0, 0.1) is 6.92 Å². The van der Waals surface area contributed by atoms with E-state index < -0.39 is 6.03 Å². The highest BCUT2D eigenvalue weighted by molar-refractivity contribution is 6.35. The lowest BCUT2D eigenvalue weighted by atomic mass is 9.93. The number of imidazole rings is 1. The van der Waals surface area contributed by atoms with Crippen LogP contribution in [0.1, 0.15) is 43.5 Å². The Morgan fingerprint density at radius 2 is 2.00 bits per heavy atom. The van der Waals surface area contributed by atoms with E-state index in [0.717, 1.165) is 17.0 Å². The fraction of sp³-hybridized carbons (Fsp3) is 0.238. The van der Waals surface area contributed by atoms with Crippen LogP contribution in [0.3, 0.4) is 0 Å². The van der Waals surface area contributed by atoms with Crippen molar-refractivity contribution in [2.45, 2.75) is 33.1 Å². The number of benzene rings is 1. The van der Waals surface area contributed by atoms with Crippen molar-refractivity contribution in [3.63, 3.8) is 0 Å². The normalized spacial score (nSPS) is 14.5. The number of fused-ring (bicyclic) bond motifs is 1. The molecule has 30 heavy (non-hydrogen) atoms. The van der Waals surface area contributed by atoms with Gasteiger partial charge in [-0.15, -0.1) is 0 Å². The number of hydrogen-bond acceptors (Lipinski definition) is 5. The zero-order valence-electron chi connectivity index (χ0n) is 17.1. The fourth-order valence-electron chi connectivity index (χ4n) is 3.04. The molecule has 0 aliphatic carbocycles. The van der Waals surface area contributed by atoms with Crippen molar-refractivity contribution in [2.75, 3.05) is 16.0 Å². The lowest BCUT2D eigenvalue weighted by Crippen LogP contribution is -2.19. The first-order valence-electron chi connectivity index (χ1n) is 9.43. The molecule has 2 aromatic heterocycles. The number of nitrogens with zero attached hydrogens (tertiary/aromatic N) is 2. The van der Waals surface area contributed by atoms with E-state index in [-0.39, 0.29) is 11.3 Å². The molecule has 154 valence electrons. The average Bonchev–Trinajstić information content (AvgIpc) is 3.35. The smallest absolute Gasteiger partial charge is 0.324 e. The third-order valence-corrected chi connectivity index (χ3v) is 4.71. The summed E-state index contributed by atoms with van der Waals surface area (Å²) in [5, 5.41) is 12.1. The zero-order chi connectivity index (χ0) is 21.5. The van der Waals surface area contributed by atoms with Crippen LogP contribution in [0.4, 0.5) is 22.0 Å². The minimum Gasteiger partial charge on any atom is -0.359 e. The van der Waals surface area contributed by atoms with E-state index in [9.17, 15) is 9.59 Å². The van der Waals surface area contributed by atoms with Gasteiger partial charge in [-0.05, 0) is 25.1 Å². The van der Waals surface area contributed by atoms with Crippen molar-refractivity contribution in [1.82, 2.24) is 15.1 Å². The van der Waals surface area contributed by atoms with Crippen molar-refractivity contribution >= 4 is 40.8 Å². The molecule has 0 spiro atoms. The highest BCUT2D eigenvalue weighted by Crippen LogP contribution is 2.35. The number of H-pyrrole nitrogens is 1. The summed E-state index contributed by atoms with van der Waals surface area (Å²) in [5.74, 6) is 0.787. The predicted molar refractivity (Wildman–Crippen MR) is 114 cm³/mol. The van der Waals surface area contributed by atoms with Gasteiger partial charge in [0.05, 0.1) is 29.0 Å². The summed E-state index contributed by atoms with van der Waals surface area (Å²) >= 11 is 0. The van der Waals surface area contributed by atoms with E-state index in [1.54, 1.807) is 36.7 Å². The SMILES string of the molecule is Cc1nc[nH]c1C=C1C(=O)Nc2cc(NC(=O)Nc3cc(C(C)(C)C)on3)ccc21. The second kappa shape index (κ2) is 7.18. The van der Waals surface area contributed by atoms with Crippen molar-refractivity contribution < 1.29 is 14.1 Å². The second-order valence-corrected chi connectivity index (χ2v) is 8.08. The van der Waals surface area contributed by atoms with Crippen molar-refractivity contribution in [1.29, 1.82) is 0 Å². The first-order chi connectivity index (χ1) is 14.2. The van der Waals surface area contributed by atoms with Gasteiger partial charge in [-0.2, -0.15) is 0 Å². The number of aromatic nitrogens is 3. The van der Waals surface area contributed by atoms with Crippen LogP contribution in [0.2, 0.25) is 0 Å². The van der Waals surface area contributed by atoms with E-state index in [2.05, 4.69) is 31.1 Å². The van der Waals surface area contributed by atoms with Gasteiger partial charge in [-0.25, -0.2) is 9.78 Å². The molecular formula is C21H22N6O3. The van der Waals surface area contributed by atoms with Crippen LogP contribution in [-0.4, -0.2) is 27.1 Å². The van der Waals surface area contributed by atoms with Gasteiger partial charge in [0.2, 0.25) is 0 Å². The van der Waals surface area contributed by atoms with Crippen molar-refractivity contribution in [3.8, 4) is 0 Å².